The molecule has 1 aliphatic rings. The molecule has 0 bridgehead atoms. The molecule has 0 spiro atoms. The van der Waals surface area contributed by atoms with Crippen molar-refractivity contribution < 1.29 is 4.79 Å². The van der Waals surface area contributed by atoms with Crippen molar-refractivity contribution in [1.29, 1.82) is 0 Å². The summed E-state index contributed by atoms with van der Waals surface area (Å²) in [6.45, 7) is 8.04. The highest BCUT2D eigenvalue weighted by molar-refractivity contribution is 7.08. The van der Waals surface area contributed by atoms with E-state index < -0.39 is 0 Å². The van der Waals surface area contributed by atoms with Gasteiger partial charge in [-0.3, -0.25) is 4.79 Å². The van der Waals surface area contributed by atoms with Gasteiger partial charge in [0.1, 0.15) is 4.88 Å². The molecule has 6 heteroatoms. The van der Waals surface area contributed by atoms with Gasteiger partial charge in [0.2, 0.25) is 0 Å². The Morgan fingerprint density at radius 2 is 2.19 bits per heavy atom. The molecule has 1 unspecified atom stereocenters. The van der Waals surface area contributed by atoms with Gasteiger partial charge < -0.3 is 10.2 Å². The van der Waals surface area contributed by atoms with Gasteiger partial charge in [-0.1, -0.05) is 25.3 Å². The van der Waals surface area contributed by atoms with E-state index in [1.54, 1.807) is 0 Å². The van der Waals surface area contributed by atoms with Crippen molar-refractivity contribution in [3.05, 3.63) is 10.6 Å². The van der Waals surface area contributed by atoms with Gasteiger partial charge in [-0.25, -0.2) is 0 Å². The van der Waals surface area contributed by atoms with Crippen LogP contribution in [0, 0.1) is 0 Å². The summed E-state index contributed by atoms with van der Waals surface area (Å²) in [5, 5.41) is 7.38. The summed E-state index contributed by atoms with van der Waals surface area (Å²) in [6.07, 6.45) is 4.42. The lowest BCUT2D eigenvalue weighted by molar-refractivity contribution is 0.0605. The third-order valence-corrected chi connectivity index (χ3v) is 4.72. The van der Waals surface area contributed by atoms with Crippen molar-refractivity contribution in [3.63, 3.8) is 0 Å². The first-order valence-corrected chi connectivity index (χ1v) is 8.51. The zero-order chi connectivity index (χ0) is 15.5. The normalized spacial score (nSPS) is 19.8. The smallest absolute Gasteiger partial charge is 0.267 e. The molecule has 0 saturated carbocycles. The van der Waals surface area contributed by atoms with E-state index in [9.17, 15) is 4.79 Å². The molecule has 5 nitrogen and oxygen atoms in total. The summed E-state index contributed by atoms with van der Waals surface area (Å²) in [6, 6.07) is 0.341. The number of hydrogen-bond acceptors (Lipinski definition) is 5. The van der Waals surface area contributed by atoms with Crippen LogP contribution in [0.25, 0.3) is 0 Å². The highest BCUT2D eigenvalue weighted by atomic mass is 32.1. The molecule has 1 fully saturated rings. The minimum atomic E-state index is -0.145. The molecule has 0 aromatic carbocycles. The van der Waals surface area contributed by atoms with Crippen molar-refractivity contribution in [2.75, 3.05) is 20.1 Å². The van der Waals surface area contributed by atoms with Crippen LogP contribution in [-0.2, 0) is 5.41 Å². The Morgan fingerprint density at radius 1 is 1.43 bits per heavy atom. The summed E-state index contributed by atoms with van der Waals surface area (Å²) in [4.78, 5) is 15.7. The Hall–Kier alpha value is -1.01. The molecule has 1 aliphatic heterocycles. The summed E-state index contributed by atoms with van der Waals surface area (Å²) >= 11 is 1.24. The summed E-state index contributed by atoms with van der Waals surface area (Å²) < 4.78 is 4.02. The topological polar surface area (TPSA) is 58.1 Å². The highest BCUT2D eigenvalue weighted by Crippen LogP contribution is 2.29. The van der Waals surface area contributed by atoms with Crippen molar-refractivity contribution in [1.82, 2.24) is 19.8 Å². The van der Waals surface area contributed by atoms with Crippen LogP contribution in [-0.4, -0.2) is 46.6 Å². The second-order valence-corrected chi connectivity index (χ2v) is 7.50. The first-order valence-electron chi connectivity index (χ1n) is 7.73. The molecule has 1 amide bonds. The van der Waals surface area contributed by atoms with Gasteiger partial charge in [0.25, 0.3) is 5.91 Å². The lowest BCUT2D eigenvalue weighted by Gasteiger charge is -2.36. The first kappa shape index (κ1) is 16.4. The van der Waals surface area contributed by atoms with Crippen LogP contribution in [0.5, 0.6) is 0 Å². The second kappa shape index (κ2) is 6.83. The molecule has 2 rings (SSSR count). The lowest BCUT2D eigenvalue weighted by Crippen LogP contribution is -2.45. The van der Waals surface area contributed by atoms with Gasteiger partial charge in [0.15, 0.2) is 0 Å². The molecule has 1 atom stereocenters. The van der Waals surface area contributed by atoms with E-state index in [1.165, 1.54) is 18.0 Å². The molecular weight excluding hydrogens is 284 g/mol. The average Bonchev–Trinajstić information content (AvgIpc) is 2.94. The molecule has 1 aromatic rings. The SMILES string of the molecule is CNCCC1CCCCN1C(=O)c1snnc1C(C)(C)C. The summed E-state index contributed by atoms with van der Waals surface area (Å²) in [5.74, 6) is 0.121. The predicted octanol–water partition coefficient (Wildman–Crippen LogP) is 2.44. The summed E-state index contributed by atoms with van der Waals surface area (Å²) in [5.41, 5.74) is 0.685. The largest absolute Gasteiger partial charge is 0.335 e. The number of nitrogens with one attached hydrogen (secondary N) is 1. The van der Waals surface area contributed by atoms with E-state index >= 15 is 0 Å². The Balaban J connectivity index is 2.19. The van der Waals surface area contributed by atoms with E-state index in [4.69, 9.17) is 0 Å². The van der Waals surface area contributed by atoms with E-state index in [-0.39, 0.29) is 11.3 Å². The zero-order valence-electron chi connectivity index (χ0n) is 13.5. The van der Waals surface area contributed by atoms with E-state index in [2.05, 4.69) is 35.7 Å². The maximum absolute atomic E-state index is 12.9. The van der Waals surface area contributed by atoms with Crippen LogP contribution in [0.3, 0.4) is 0 Å². The number of nitrogens with zero attached hydrogens (tertiary/aromatic N) is 3. The van der Waals surface area contributed by atoms with Crippen molar-refractivity contribution in [2.45, 2.75) is 57.9 Å². The minimum absolute atomic E-state index is 0.121. The Labute approximate surface area is 131 Å². The first-order chi connectivity index (χ1) is 9.95. The van der Waals surface area contributed by atoms with Gasteiger partial charge in [-0.15, -0.1) is 5.10 Å². The van der Waals surface area contributed by atoms with Gasteiger partial charge in [-0.2, -0.15) is 0 Å². The molecule has 1 N–H and O–H groups in total. The molecule has 0 aliphatic carbocycles. The van der Waals surface area contributed by atoms with Crippen LogP contribution >= 0.6 is 11.5 Å². The molecule has 2 heterocycles. The standard InChI is InChI=1S/C15H26N4OS/c1-15(2,3)13-12(21-18-17-13)14(20)19-10-6-5-7-11(19)8-9-16-4/h11,16H,5-10H2,1-4H3. The highest BCUT2D eigenvalue weighted by Gasteiger charge is 2.33. The van der Waals surface area contributed by atoms with Gasteiger partial charge in [-0.05, 0) is 50.8 Å². The number of hydrogen-bond donors (Lipinski definition) is 1. The van der Waals surface area contributed by atoms with Gasteiger partial charge >= 0.3 is 0 Å². The Morgan fingerprint density at radius 3 is 2.86 bits per heavy atom. The van der Waals surface area contributed by atoms with Crippen LogP contribution in [0.15, 0.2) is 0 Å². The maximum atomic E-state index is 12.9. The molecule has 1 aromatic heterocycles. The fourth-order valence-corrected chi connectivity index (χ4v) is 3.66. The number of aromatic nitrogens is 2. The Kier molecular flexibility index (Phi) is 5.32. The van der Waals surface area contributed by atoms with E-state index in [0.717, 1.165) is 42.9 Å². The number of rotatable bonds is 4. The third-order valence-electron chi connectivity index (χ3n) is 4.01. The van der Waals surface area contributed by atoms with Crippen LogP contribution in [0.4, 0.5) is 0 Å². The minimum Gasteiger partial charge on any atom is -0.335 e. The molecule has 21 heavy (non-hydrogen) atoms. The average molecular weight is 310 g/mol. The zero-order valence-corrected chi connectivity index (χ0v) is 14.3. The Bertz CT molecular complexity index is 480. The van der Waals surface area contributed by atoms with Crippen LogP contribution in [0.1, 0.15) is 61.8 Å². The van der Waals surface area contributed by atoms with E-state index in [0.29, 0.717) is 6.04 Å². The summed E-state index contributed by atoms with van der Waals surface area (Å²) in [7, 11) is 1.96. The number of amides is 1. The quantitative estimate of drug-likeness (QED) is 0.928. The van der Waals surface area contributed by atoms with Crippen molar-refractivity contribution >= 4 is 17.4 Å². The van der Waals surface area contributed by atoms with Crippen molar-refractivity contribution in [2.24, 2.45) is 0 Å². The van der Waals surface area contributed by atoms with Crippen LogP contribution in [0.2, 0.25) is 0 Å². The maximum Gasteiger partial charge on any atom is 0.267 e. The van der Waals surface area contributed by atoms with Gasteiger partial charge in [0.05, 0.1) is 5.69 Å². The monoisotopic (exact) mass is 310 g/mol. The number of piperidine rings is 1. The molecule has 1 saturated heterocycles. The lowest BCUT2D eigenvalue weighted by atomic mass is 9.90. The number of likely N-dealkylation sites (tertiary alicyclic amines) is 1. The van der Waals surface area contributed by atoms with Crippen molar-refractivity contribution in [3.8, 4) is 0 Å². The van der Waals surface area contributed by atoms with Crippen LogP contribution < -0.4 is 5.32 Å². The molecule has 0 radical (unpaired) electrons. The third kappa shape index (κ3) is 3.80. The molecular formula is C15H26N4OS. The second-order valence-electron chi connectivity index (χ2n) is 6.74. The predicted molar refractivity (Wildman–Crippen MR) is 85.8 cm³/mol. The fourth-order valence-electron chi connectivity index (χ4n) is 2.83. The fraction of sp³-hybridized carbons (Fsp3) is 0.800. The number of carbonyl (C=O) groups is 1. The molecule has 118 valence electrons. The number of carbonyl (C=O) groups excluding carboxylic acids is 1. The van der Waals surface area contributed by atoms with Gasteiger partial charge in [0, 0.05) is 18.0 Å². The van der Waals surface area contributed by atoms with E-state index in [1.807, 2.05) is 11.9 Å².